The lowest BCUT2D eigenvalue weighted by Gasteiger charge is -2.11. The largest absolute Gasteiger partial charge is 0.494 e. The molecule has 0 aliphatic rings. The Morgan fingerprint density at radius 2 is 1.88 bits per heavy atom. The molecule has 0 spiro atoms. The van der Waals surface area contributed by atoms with E-state index in [9.17, 15) is 19.5 Å². The normalized spacial score (nSPS) is 11.4. The van der Waals surface area contributed by atoms with Crippen LogP contribution >= 0.6 is 0 Å². The Morgan fingerprint density at radius 1 is 1.25 bits per heavy atom. The molecule has 0 atom stereocenters. The highest BCUT2D eigenvalue weighted by Gasteiger charge is 2.19. The van der Waals surface area contributed by atoms with Crippen LogP contribution in [0.15, 0.2) is 39.2 Å². The van der Waals surface area contributed by atoms with Crippen LogP contribution in [0.4, 0.5) is 0 Å². The first-order chi connectivity index (χ1) is 11.4. The SMILES string of the molecule is CC/C(=N\NC(=O)c1ccncc1)c1c(O)n(C)c(=O)n(C)c1=O. The van der Waals surface area contributed by atoms with E-state index < -0.39 is 23.0 Å². The molecule has 2 aromatic rings. The topological polar surface area (TPSA) is 119 Å². The highest BCUT2D eigenvalue weighted by Crippen LogP contribution is 2.12. The lowest BCUT2D eigenvalue weighted by atomic mass is 10.1. The summed E-state index contributed by atoms with van der Waals surface area (Å²) in [6, 6.07) is 3.03. The van der Waals surface area contributed by atoms with E-state index in [1.807, 2.05) is 0 Å². The van der Waals surface area contributed by atoms with Gasteiger partial charge in [-0.25, -0.2) is 10.2 Å². The second kappa shape index (κ2) is 6.90. The summed E-state index contributed by atoms with van der Waals surface area (Å²) in [5.74, 6) is -0.980. The van der Waals surface area contributed by atoms with Crippen molar-refractivity contribution < 1.29 is 9.90 Å². The van der Waals surface area contributed by atoms with Gasteiger partial charge in [0.25, 0.3) is 11.5 Å². The third-order valence-corrected chi connectivity index (χ3v) is 3.49. The first-order valence-corrected chi connectivity index (χ1v) is 7.14. The Labute approximate surface area is 136 Å². The van der Waals surface area contributed by atoms with E-state index in [-0.39, 0.29) is 17.7 Å². The molecule has 9 heteroatoms. The minimum Gasteiger partial charge on any atom is -0.494 e. The molecule has 0 aromatic carbocycles. The molecule has 0 fully saturated rings. The van der Waals surface area contributed by atoms with Crippen LogP contribution < -0.4 is 16.7 Å². The minimum atomic E-state index is -0.686. The standard InChI is InChI=1S/C15H17N5O4/c1-4-10(17-18-12(21)9-5-7-16-8-6-9)11-13(22)19(2)15(24)20(3)14(11)23/h5-8,22H,4H2,1-3H3,(H,18,21)/b17-10+. The van der Waals surface area contributed by atoms with Gasteiger partial charge in [0.1, 0.15) is 5.56 Å². The van der Waals surface area contributed by atoms with Crippen molar-refractivity contribution in [3.63, 3.8) is 0 Å². The van der Waals surface area contributed by atoms with Gasteiger partial charge in [-0.15, -0.1) is 0 Å². The molecule has 0 saturated heterocycles. The van der Waals surface area contributed by atoms with Crippen LogP contribution in [0.2, 0.25) is 0 Å². The van der Waals surface area contributed by atoms with E-state index in [4.69, 9.17) is 0 Å². The zero-order valence-electron chi connectivity index (χ0n) is 13.5. The number of pyridine rings is 1. The zero-order chi connectivity index (χ0) is 17.9. The van der Waals surface area contributed by atoms with E-state index in [0.717, 1.165) is 9.13 Å². The van der Waals surface area contributed by atoms with Crippen molar-refractivity contribution in [2.45, 2.75) is 13.3 Å². The molecule has 2 heterocycles. The molecule has 9 nitrogen and oxygen atoms in total. The zero-order valence-corrected chi connectivity index (χ0v) is 13.5. The van der Waals surface area contributed by atoms with E-state index >= 15 is 0 Å². The van der Waals surface area contributed by atoms with Gasteiger partial charge in [0, 0.05) is 32.1 Å². The lowest BCUT2D eigenvalue weighted by molar-refractivity contribution is 0.0954. The van der Waals surface area contributed by atoms with Crippen molar-refractivity contribution in [1.29, 1.82) is 0 Å². The Hall–Kier alpha value is -3.23. The quantitative estimate of drug-likeness (QED) is 0.590. The molecular weight excluding hydrogens is 314 g/mol. The van der Waals surface area contributed by atoms with Gasteiger partial charge in [0.2, 0.25) is 5.88 Å². The maximum atomic E-state index is 12.3. The number of carbonyl (C=O) groups is 1. The molecule has 0 aliphatic carbocycles. The molecule has 0 radical (unpaired) electrons. The van der Waals surface area contributed by atoms with Crippen molar-refractivity contribution in [2.24, 2.45) is 19.2 Å². The summed E-state index contributed by atoms with van der Waals surface area (Å²) in [7, 11) is 2.64. The van der Waals surface area contributed by atoms with Crippen LogP contribution in [0.5, 0.6) is 5.88 Å². The van der Waals surface area contributed by atoms with Crippen molar-refractivity contribution in [3.8, 4) is 5.88 Å². The minimum absolute atomic E-state index is 0.128. The summed E-state index contributed by atoms with van der Waals surface area (Å²) in [4.78, 5) is 39.9. The highest BCUT2D eigenvalue weighted by atomic mass is 16.3. The van der Waals surface area contributed by atoms with Crippen LogP contribution in [-0.2, 0) is 14.1 Å². The number of rotatable bonds is 4. The number of hydrazone groups is 1. The first-order valence-electron chi connectivity index (χ1n) is 7.14. The number of nitrogens with one attached hydrogen (secondary N) is 1. The maximum Gasteiger partial charge on any atom is 0.333 e. The van der Waals surface area contributed by atoms with Crippen molar-refractivity contribution in [3.05, 3.63) is 56.5 Å². The molecule has 24 heavy (non-hydrogen) atoms. The van der Waals surface area contributed by atoms with Crippen molar-refractivity contribution in [1.82, 2.24) is 19.5 Å². The molecule has 2 aromatic heterocycles. The summed E-state index contributed by atoms with van der Waals surface area (Å²) >= 11 is 0. The Kier molecular flexibility index (Phi) is 4.93. The Balaban J connectivity index is 2.45. The number of amides is 1. The highest BCUT2D eigenvalue weighted by molar-refractivity contribution is 6.03. The number of carbonyl (C=O) groups excluding carboxylic acids is 1. The van der Waals surface area contributed by atoms with Gasteiger partial charge in [-0.05, 0) is 18.6 Å². The average molecular weight is 331 g/mol. The fourth-order valence-corrected chi connectivity index (χ4v) is 2.08. The molecule has 2 rings (SSSR count). The van der Waals surface area contributed by atoms with Gasteiger partial charge in [-0.2, -0.15) is 5.10 Å². The number of nitrogens with zero attached hydrogens (tertiary/aromatic N) is 4. The molecule has 2 N–H and O–H groups in total. The van der Waals surface area contributed by atoms with E-state index in [1.165, 1.54) is 38.6 Å². The molecular formula is C15H17N5O4. The second-order valence-corrected chi connectivity index (χ2v) is 4.99. The van der Waals surface area contributed by atoms with Crippen LogP contribution in [0.25, 0.3) is 0 Å². The van der Waals surface area contributed by atoms with Gasteiger partial charge in [0.15, 0.2) is 0 Å². The maximum absolute atomic E-state index is 12.3. The van der Waals surface area contributed by atoms with Gasteiger partial charge in [-0.3, -0.25) is 23.7 Å². The first kappa shape index (κ1) is 17.1. The van der Waals surface area contributed by atoms with E-state index in [1.54, 1.807) is 6.92 Å². The summed E-state index contributed by atoms with van der Waals surface area (Å²) < 4.78 is 1.80. The Morgan fingerprint density at radius 3 is 2.46 bits per heavy atom. The molecule has 126 valence electrons. The third kappa shape index (κ3) is 3.09. The smallest absolute Gasteiger partial charge is 0.333 e. The number of aromatic nitrogens is 3. The number of hydrogen-bond acceptors (Lipinski definition) is 6. The van der Waals surface area contributed by atoms with Crippen LogP contribution in [-0.4, -0.2) is 30.8 Å². The molecule has 1 amide bonds. The average Bonchev–Trinajstić information content (AvgIpc) is 2.61. The van der Waals surface area contributed by atoms with Crippen LogP contribution in [0.3, 0.4) is 0 Å². The van der Waals surface area contributed by atoms with Gasteiger partial charge in [-0.1, -0.05) is 6.92 Å². The number of hydrogen-bond donors (Lipinski definition) is 2. The lowest BCUT2D eigenvalue weighted by Crippen LogP contribution is -2.40. The molecule has 0 saturated carbocycles. The van der Waals surface area contributed by atoms with Gasteiger partial charge >= 0.3 is 5.69 Å². The summed E-state index contributed by atoms with van der Waals surface area (Å²) in [5, 5.41) is 14.0. The fourth-order valence-electron chi connectivity index (χ4n) is 2.08. The Bertz CT molecular complexity index is 912. The monoisotopic (exact) mass is 331 g/mol. The van der Waals surface area contributed by atoms with Crippen LogP contribution in [0, 0.1) is 0 Å². The van der Waals surface area contributed by atoms with Crippen molar-refractivity contribution in [2.75, 3.05) is 0 Å². The molecule has 0 unspecified atom stereocenters. The van der Waals surface area contributed by atoms with Gasteiger partial charge in [0.05, 0.1) is 5.71 Å². The molecule has 0 aliphatic heterocycles. The molecule has 0 bridgehead atoms. The predicted molar refractivity (Wildman–Crippen MR) is 87.1 cm³/mol. The number of aromatic hydroxyl groups is 1. The fraction of sp³-hybridized carbons (Fsp3) is 0.267. The summed E-state index contributed by atoms with van der Waals surface area (Å²) in [6.07, 6.45) is 3.19. The van der Waals surface area contributed by atoms with Crippen molar-refractivity contribution >= 4 is 11.6 Å². The van der Waals surface area contributed by atoms with Crippen LogP contribution in [0.1, 0.15) is 29.3 Å². The van der Waals surface area contributed by atoms with E-state index in [2.05, 4.69) is 15.5 Å². The predicted octanol–water partition coefficient (Wildman–Crippen LogP) is -0.271. The van der Waals surface area contributed by atoms with Gasteiger partial charge < -0.3 is 5.11 Å². The summed E-state index contributed by atoms with van der Waals surface area (Å²) in [5.41, 5.74) is 1.37. The summed E-state index contributed by atoms with van der Waals surface area (Å²) in [6.45, 7) is 1.71. The second-order valence-electron chi connectivity index (χ2n) is 4.99. The van der Waals surface area contributed by atoms with E-state index in [0.29, 0.717) is 5.56 Å². The third-order valence-electron chi connectivity index (χ3n) is 3.49.